The zero-order valence-electron chi connectivity index (χ0n) is 16.0. The summed E-state index contributed by atoms with van der Waals surface area (Å²) in [6.07, 6.45) is 0. The van der Waals surface area contributed by atoms with Crippen molar-refractivity contribution in [2.75, 3.05) is 0 Å². The van der Waals surface area contributed by atoms with Gasteiger partial charge in [0.25, 0.3) is 0 Å². The molecule has 6 nitrogen and oxygen atoms in total. The molecule has 0 spiro atoms. The number of rotatable bonds is 3. The molecular weight excluding hydrogens is 374 g/mol. The average Bonchev–Trinajstić information content (AvgIpc) is 2.79. The van der Waals surface area contributed by atoms with Crippen molar-refractivity contribution in [1.82, 2.24) is 15.0 Å². The van der Waals surface area contributed by atoms with Crippen LogP contribution in [0.1, 0.15) is 16.7 Å². The Morgan fingerprint density at radius 1 is 0.667 bits per heavy atom. The van der Waals surface area contributed by atoms with E-state index in [0.717, 1.165) is 16.7 Å². The first kappa shape index (κ1) is 18.8. The first-order valence-electron chi connectivity index (χ1n) is 9.14. The van der Waals surface area contributed by atoms with Crippen LogP contribution in [0.2, 0.25) is 0 Å². The molecule has 0 unspecified atom stereocenters. The van der Waals surface area contributed by atoms with Crippen molar-refractivity contribution in [3.63, 3.8) is 0 Å². The molecule has 3 aromatic carbocycles. The number of aromatic hydroxyl groups is 1. The Labute approximate surface area is 173 Å². The van der Waals surface area contributed by atoms with Crippen molar-refractivity contribution in [3.8, 4) is 52.1 Å². The molecule has 4 aromatic rings. The molecule has 4 rings (SSSR count). The van der Waals surface area contributed by atoms with E-state index in [1.165, 1.54) is 0 Å². The third-order valence-electron chi connectivity index (χ3n) is 4.57. The van der Waals surface area contributed by atoms with Crippen molar-refractivity contribution in [2.45, 2.75) is 6.92 Å². The average molecular weight is 389 g/mol. The van der Waals surface area contributed by atoms with E-state index in [0.29, 0.717) is 34.2 Å². The van der Waals surface area contributed by atoms with Gasteiger partial charge in [-0.25, -0.2) is 15.0 Å². The highest BCUT2D eigenvalue weighted by Gasteiger charge is 2.15. The highest BCUT2D eigenvalue weighted by molar-refractivity contribution is 5.70. The SMILES string of the molecule is Cc1ccc(-c2nc(-c3ccc(C#N)cc3)nc(-c3ccc(C#N)cc3)n2)c(O)c1. The Morgan fingerprint density at radius 3 is 1.57 bits per heavy atom. The maximum atomic E-state index is 10.4. The van der Waals surface area contributed by atoms with Gasteiger partial charge in [0, 0.05) is 11.1 Å². The van der Waals surface area contributed by atoms with E-state index in [-0.39, 0.29) is 5.75 Å². The summed E-state index contributed by atoms with van der Waals surface area (Å²) in [7, 11) is 0. The molecule has 30 heavy (non-hydrogen) atoms. The van der Waals surface area contributed by atoms with Gasteiger partial charge in [-0.2, -0.15) is 10.5 Å². The molecule has 0 radical (unpaired) electrons. The molecule has 0 bridgehead atoms. The topological polar surface area (TPSA) is 106 Å². The lowest BCUT2D eigenvalue weighted by Gasteiger charge is -2.10. The number of hydrogen-bond acceptors (Lipinski definition) is 6. The molecule has 142 valence electrons. The summed E-state index contributed by atoms with van der Waals surface area (Å²) in [4.78, 5) is 13.7. The quantitative estimate of drug-likeness (QED) is 0.547. The van der Waals surface area contributed by atoms with E-state index in [1.54, 1.807) is 60.7 Å². The minimum atomic E-state index is 0.0813. The first-order chi connectivity index (χ1) is 14.6. The van der Waals surface area contributed by atoms with Crippen molar-refractivity contribution in [2.24, 2.45) is 0 Å². The molecule has 0 aliphatic carbocycles. The lowest BCUT2D eigenvalue weighted by molar-refractivity contribution is 0.476. The van der Waals surface area contributed by atoms with E-state index in [4.69, 9.17) is 10.5 Å². The zero-order chi connectivity index (χ0) is 21.1. The van der Waals surface area contributed by atoms with Crippen LogP contribution in [-0.4, -0.2) is 20.1 Å². The third-order valence-corrected chi connectivity index (χ3v) is 4.57. The highest BCUT2D eigenvalue weighted by atomic mass is 16.3. The van der Waals surface area contributed by atoms with E-state index < -0.39 is 0 Å². The van der Waals surface area contributed by atoms with Crippen LogP contribution in [0.5, 0.6) is 5.75 Å². The number of aryl methyl sites for hydroxylation is 1. The lowest BCUT2D eigenvalue weighted by atomic mass is 10.1. The second-order valence-corrected chi connectivity index (χ2v) is 6.71. The zero-order valence-corrected chi connectivity index (χ0v) is 16.0. The van der Waals surface area contributed by atoms with Crippen LogP contribution in [0, 0.1) is 29.6 Å². The van der Waals surface area contributed by atoms with Crippen molar-refractivity contribution >= 4 is 0 Å². The van der Waals surface area contributed by atoms with E-state index in [2.05, 4.69) is 27.1 Å². The molecule has 0 aliphatic rings. The standard InChI is InChI=1S/C24H15N5O/c1-15-2-11-20(21(30)12-15)24-28-22(18-7-3-16(13-25)4-8-18)27-23(29-24)19-9-5-17(14-26)6-10-19/h2-12,30H,1H3. The number of nitrogens with zero attached hydrogens (tertiary/aromatic N) is 5. The van der Waals surface area contributed by atoms with Gasteiger partial charge in [-0.1, -0.05) is 6.07 Å². The van der Waals surface area contributed by atoms with Crippen LogP contribution in [0.15, 0.2) is 66.7 Å². The molecule has 0 aliphatic heterocycles. The molecular formula is C24H15N5O. The predicted molar refractivity (Wildman–Crippen MR) is 112 cm³/mol. The number of benzene rings is 3. The molecule has 1 aromatic heterocycles. The van der Waals surface area contributed by atoms with E-state index in [1.807, 2.05) is 13.0 Å². The number of aromatic nitrogens is 3. The largest absolute Gasteiger partial charge is 0.507 e. The van der Waals surface area contributed by atoms with Crippen LogP contribution in [0.25, 0.3) is 34.2 Å². The Balaban J connectivity index is 1.90. The fourth-order valence-electron chi connectivity index (χ4n) is 2.97. The predicted octanol–water partition coefficient (Wildman–Crippen LogP) is 4.63. The van der Waals surface area contributed by atoms with Crippen molar-refractivity contribution < 1.29 is 5.11 Å². The summed E-state index contributed by atoms with van der Waals surface area (Å²) in [5.41, 5.74) is 3.93. The van der Waals surface area contributed by atoms with Gasteiger partial charge in [-0.15, -0.1) is 0 Å². The fourth-order valence-corrected chi connectivity index (χ4v) is 2.97. The van der Waals surface area contributed by atoms with Crippen LogP contribution in [0.4, 0.5) is 0 Å². The summed E-state index contributed by atoms with van der Waals surface area (Å²) < 4.78 is 0. The van der Waals surface area contributed by atoms with Gasteiger partial charge in [-0.3, -0.25) is 0 Å². The van der Waals surface area contributed by atoms with Gasteiger partial charge >= 0.3 is 0 Å². The Bertz CT molecular complexity index is 1240. The first-order valence-corrected chi connectivity index (χ1v) is 9.14. The van der Waals surface area contributed by atoms with E-state index in [9.17, 15) is 5.11 Å². The third kappa shape index (κ3) is 3.71. The lowest BCUT2D eigenvalue weighted by Crippen LogP contribution is -2.00. The molecule has 0 atom stereocenters. The van der Waals surface area contributed by atoms with Crippen LogP contribution in [0.3, 0.4) is 0 Å². The normalized spacial score (nSPS) is 10.2. The van der Waals surface area contributed by atoms with Gasteiger partial charge in [0.1, 0.15) is 5.75 Å². The minimum absolute atomic E-state index is 0.0813. The second-order valence-electron chi connectivity index (χ2n) is 6.71. The Kier molecular flexibility index (Phi) is 4.90. The van der Waals surface area contributed by atoms with Crippen LogP contribution < -0.4 is 0 Å². The number of hydrogen-bond donors (Lipinski definition) is 1. The van der Waals surface area contributed by atoms with Crippen LogP contribution >= 0.6 is 0 Å². The number of phenols is 1. The summed E-state index contributed by atoms with van der Waals surface area (Å²) in [6, 6.07) is 23.4. The van der Waals surface area contributed by atoms with Crippen LogP contribution in [-0.2, 0) is 0 Å². The molecule has 1 N–H and O–H groups in total. The molecule has 0 saturated heterocycles. The summed E-state index contributed by atoms with van der Waals surface area (Å²) in [5.74, 6) is 1.26. The minimum Gasteiger partial charge on any atom is -0.507 e. The number of nitriles is 2. The fraction of sp³-hybridized carbons (Fsp3) is 0.0417. The molecule has 0 saturated carbocycles. The maximum Gasteiger partial charge on any atom is 0.167 e. The van der Waals surface area contributed by atoms with Gasteiger partial charge in [0.05, 0.1) is 28.8 Å². The van der Waals surface area contributed by atoms with Gasteiger partial charge in [0.15, 0.2) is 17.5 Å². The molecule has 0 amide bonds. The Hall–Kier alpha value is -4.55. The van der Waals surface area contributed by atoms with Gasteiger partial charge < -0.3 is 5.11 Å². The van der Waals surface area contributed by atoms with E-state index >= 15 is 0 Å². The maximum absolute atomic E-state index is 10.4. The molecule has 0 fully saturated rings. The summed E-state index contributed by atoms with van der Waals surface area (Å²) in [5, 5.41) is 28.5. The smallest absolute Gasteiger partial charge is 0.167 e. The van der Waals surface area contributed by atoms with Crippen molar-refractivity contribution in [1.29, 1.82) is 10.5 Å². The van der Waals surface area contributed by atoms with Gasteiger partial charge in [-0.05, 0) is 73.2 Å². The summed E-state index contributed by atoms with van der Waals surface area (Å²) >= 11 is 0. The van der Waals surface area contributed by atoms with Gasteiger partial charge in [0.2, 0.25) is 0 Å². The molecule has 6 heteroatoms. The monoisotopic (exact) mass is 389 g/mol. The number of phenolic OH excluding ortho intramolecular Hbond substituents is 1. The Morgan fingerprint density at radius 2 is 1.13 bits per heavy atom. The van der Waals surface area contributed by atoms with Crippen molar-refractivity contribution in [3.05, 3.63) is 83.4 Å². The second kappa shape index (κ2) is 7.83. The molecule has 1 heterocycles. The highest BCUT2D eigenvalue weighted by Crippen LogP contribution is 2.30. The summed E-state index contributed by atoms with van der Waals surface area (Å²) in [6.45, 7) is 1.89.